The van der Waals surface area contributed by atoms with Crippen molar-refractivity contribution < 1.29 is 14.5 Å². The summed E-state index contributed by atoms with van der Waals surface area (Å²) in [5.74, 6) is -0.283. The van der Waals surface area contributed by atoms with E-state index in [9.17, 15) is 19.7 Å². The van der Waals surface area contributed by atoms with Gasteiger partial charge in [0.2, 0.25) is 5.91 Å². The lowest BCUT2D eigenvalue weighted by molar-refractivity contribution is -0.385. The molecular weight excluding hydrogens is 324 g/mol. The molecule has 0 saturated carbocycles. The topological polar surface area (TPSA) is 95.8 Å². The number of nitro benzene ring substituents is 1. The van der Waals surface area contributed by atoms with Gasteiger partial charge in [0.1, 0.15) is 5.56 Å². The van der Waals surface area contributed by atoms with Crippen molar-refractivity contribution in [1.29, 1.82) is 0 Å². The molecule has 0 spiro atoms. The zero-order chi connectivity index (χ0) is 18.0. The summed E-state index contributed by atoms with van der Waals surface area (Å²) in [7, 11) is 0. The van der Waals surface area contributed by atoms with Crippen LogP contribution in [0.2, 0.25) is 0 Å². The summed E-state index contributed by atoms with van der Waals surface area (Å²) in [5, 5.41) is 14.4. The maximum atomic E-state index is 12.9. The number of piperazine rings is 1. The molecule has 8 heteroatoms. The van der Waals surface area contributed by atoms with E-state index >= 15 is 0 Å². The number of nitrogens with zero attached hydrogens (tertiary/aromatic N) is 3. The fourth-order valence-corrected chi connectivity index (χ4v) is 3.65. The zero-order valence-corrected chi connectivity index (χ0v) is 14.2. The van der Waals surface area contributed by atoms with Crippen LogP contribution >= 0.6 is 0 Å². The number of amides is 2. The molecule has 1 N–H and O–H groups in total. The molecule has 3 rings (SSSR count). The summed E-state index contributed by atoms with van der Waals surface area (Å²) in [6, 6.07) is 4.79. The quantitative estimate of drug-likeness (QED) is 0.649. The summed E-state index contributed by atoms with van der Waals surface area (Å²) in [6.07, 6.45) is 1.64. The SMILES string of the molecule is Cc1cccc(C(=O)N2CCCC(N3CCNCC3=O)C2)c1[N+](=O)[O-]. The second-order valence-electron chi connectivity index (χ2n) is 6.54. The predicted octanol–water partition coefficient (Wildman–Crippen LogP) is 0.940. The molecule has 2 aliphatic rings. The van der Waals surface area contributed by atoms with Crippen molar-refractivity contribution in [3.05, 3.63) is 39.4 Å². The molecule has 2 aliphatic heterocycles. The van der Waals surface area contributed by atoms with Crippen LogP contribution in [0.15, 0.2) is 18.2 Å². The first-order valence-electron chi connectivity index (χ1n) is 8.52. The second-order valence-corrected chi connectivity index (χ2v) is 6.54. The number of aryl methyl sites for hydroxylation is 1. The summed E-state index contributed by atoms with van der Waals surface area (Å²) in [6.45, 7) is 4.33. The number of hydrogen-bond acceptors (Lipinski definition) is 5. The minimum Gasteiger partial charge on any atom is -0.336 e. The van der Waals surface area contributed by atoms with Crippen LogP contribution in [0.3, 0.4) is 0 Å². The Labute approximate surface area is 145 Å². The Morgan fingerprint density at radius 2 is 2.16 bits per heavy atom. The van der Waals surface area contributed by atoms with E-state index in [-0.39, 0.29) is 29.1 Å². The van der Waals surface area contributed by atoms with E-state index in [1.165, 1.54) is 6.07 Å². The maximum Gasteiger partial charge on any atom is 0.285 e. The van der Waals surface area contributed by atoms with Gasteiger partial charge in [-0.05, 0) is 25.8 Å². The molecule has 8 nitrogen and oxygen atoms in total. The molecule has 2 heterocycles. The monoisotopic (exact) mass is 346 g/mol. The van der Waals surface area contributed by atoms with E-state index in [0.717, 1.165) is 19.4 Å². The smallest absolute Gasteiger partial charge is 0.285 e. The van der Waals surface area contributed by atoms with Crippen molar-refractivity contribution in [3.8, 4) is 0 Å². The molecule has 0 aliphatic carbocycles. The summed E-state index contributed by atoms with van der Waals surface area (Å²) in [4.78, 5) is 39.3. The second kappa shape index (κ2) is 7.18. The molecule has 0 aromatic heterocycles. The van der Waals surface area contributed by atoms with Crippen molar-refractivity contribution >= 4 is 17.5 Å². The summed E-state index contributed by atoms with van der Waals surface area (Å²) in [5.41, 5.74) is 0.465. The van der Waals surface area contributed by atoms with Crippen LogP contribution in [-0.4, -0.2) is 65.3 Å². The van der Waals surface area contributed by atoms with Crippen molar-refractivity contribution in [2.75, 3.05) is 32.7 Å². The molecule has 2 fully saturated rings. The van der Waals surface area contributed by atoms with E-state index in [4.69, 9.17) is 0 Å². The highest BCUT2D eigenvalue weighted by atomic mass is 16.6. The standard InChI is InChI=1S/C17H22N4O4/c1-12-4-2-6-14(16(12)21(24)25)17(23)19-8-3-5-13(11-19)20-9-7-18-10-15(20)22/h2,4,6,13,18H,3,5,7-11H2,1H3. The number of nitrogens with one attached hydrogen (secondary N) is 1. The lowest BCUT2D eigenvalue weighted by Gasteiger charge is -2.41. The Balaban J connectivity index is 1.80. The Bertz CT molecular complexity index is 706. The van der Waals surface area contributed by atoms with Gasteiger partial charge in [0, 0.05) is 37.8 Å². The third-order valence-corrected chi connectivity index (χ3v) is 4.90. The molecule has 0 radical (unpaired) electrons. The van der Waals surface area contributed by atoms with E-state index in [2.05, 4.69) is 5.32 Å². The van der Waals surface area contributed by atoms with Gasteiger partial charge >= 0.3 is 0 Å². The first kappa shape index (κ1) is 17.3. The fourth-order valence-electron chi connectivity index (χ4n) is 3.65. The molecule has 0 bridgehead atoms. The summed E-state index contributed by atoms with van der Waals surface area (Å²) >= 11 is 0. The molecule has 25 heavy (non-hydrogen) atoms. The molecule has 1 unspecified atom stereocenters. The Morgan fingerprint density at radius 1 is 1.36 bits per heavy atom. The Morgan fingerprint density at radius 3 is 2.88 bits per heavy atom. The van der Waals surface area contributed by atoms with Crippen LogP contribution in [0.5, 0.6) is 0 Å². The van der Waals surface area contributed by atoms with Gasteiger partial charge in [-0.25, -0.2) is 0 Å². The van der Waals surface area contributed by atoms with Crippen LogP contribution in [0, 0.1) is 17.0 Å². The molecule has 2 amide bonds. The van der Waals surface area contributed by atoms with Gasteiger partial charge in [-0.3, -0.25) is 19.7 Å². The maximum absolute atomic E-state index is 12.9. The predicted molar refractivity (Wildman–Crippen MR) is 91.3 cm³/mol. The highest BCUT2D eigenvalue weighted by Gasteiger charge is 2.34. The number of carbonyl (C=O) groups excluding carboxylic acids is 2. The van der Waals surface area contributed by atoms with Crippen LogP contribution in [0.25, 0.3) is 0 Å². The molecule has 1 atom stereocenters. The highest BCUT2D eigenvalue weighted by Crippen LogP contribution is 2.26. The zero-order valence-electron chi connectivity index (χ0n) is 14.2. The van der Waals surface area contributed by atoms with Gasteiger partial charge in [-0.1, -0.05) is 12.1 Å². The van der Waals surface area contributed by atoms with E-state index in [0.29, 0.717) is 31.7 Å². The van der Waals surface area contributed by atoms with Crippen molar-refractivity contribution in [2.24, 2.45) is 0 Å². The van der Waals surface area contributed by atoms with E-state index in [1.807, 2.05) is 4.90 Å². The third-order valence-electron chi connectivity index (χ3n) is 4.90. The number of piperidine rings is 1. The normalized spacial score (nSPS) is 21.3. The van der Waals surface area contributed by atoms with Crippen LogP contribution < -0.4 is 5.32 Å². The number of likely N-dealkylation sites (tertiary alicyclic amines) is 1. The largest absolute Gasteiger partial charge is 0.336 e. The van der Waals surface area contributed by atoms with Crippen LogP contribution in [0.1, 0.15) is 28.8 Å². The average molecular weight is 346 g/mol. The van der Waals surface area contributed by atoms with Crippen LogP contribution in [-0.2, 0) is 4.79 Å². The highest BCUT2D eigenvalue weighted by molar-refractivity contribution is 5.98. The lowest BCUT2D eigenvalue weighted by atomic mass is 10.0. The van der Waals surface area contributed by atoms with Gasteiger partial charge in [0.15, 0.2) is 0 Å². The molecule has 134 valence electrons. The fraction of sp³-hybridized carbons (Fsp3) is 0.529. The van der Waals surface area contributed by atoms with Gasteiger partial charge in [-0.2, -0.15) is 0 Å². The van der Waals surface area contributed by atoms with Crippen molar-refractivity contribution in [1.82, 2.24) is 15.1 Å². The van der Waals surface area contributed by atoms with E-state index < -0.39 is 4.92 Å². The number of carbonyl (C=O) groups is 2. The minimum absolute atomic E-state index is 0.0174. The number of hydrogen-bond donors (Lipinski definition) is 1. The average Bonchev–Trinajstić information content (AvgIpc) is 2.61. The third kappa shape index (κ3) is 3.48. The van der Waals surface area contributed by atoms with Gasteiger partial charge in [-0.15, -0.1) is 0 Å². The number of benzene rings is 1. The van der Waals surface area contributed by atoms with Gasteiger partial charge < -0.3 is 15.1 Å². The van der Waals surface area contributed by atoms with Gasteiger partial charge in [0.25, 0.3) is 11.6 Å². The Kier molecular flexibility index (Phi) is 4.98. The van der Waals surface area contributed by atoms with Crippen molar-refractivity contribution in [2.45, 2.75) is 25.8 Å². The molecule has 2 saturated heterocycles. The van der Waals surface area contributed by atoms with Crippen molar-refractivity contribution in [3.63, 3.8) is 0 Å². The number of nitro groups is 1. The number of rotatable bonds is 3. The summed E-state index contributed by atoms with van der Waals surface area (Å²) < 4.78 is 0. The lowest BCUT2D eigenvalue weighted by Crippen LogP contribution is -2.57. The first-order valence-corrected chi connectivity index (χ1v) is 8.52. The molecule has 1 aromatic carbocycles. The number of para-hydroxylation sites is 1. The van der Waals surface area contributed by atoms with Crippen LogP contribution in [0.4, 0.5) is 5.69 Å². The first-order chi connectivity index (χ1) is 12.0. The minimum atomic E-state index is -0.496. The Hall–Kier alpha value is -2.48. The molecule has 1 aromatic rings. The molecular formula is C17H22N4O4. The van der Waals surface area contributed by atoms with Gasteiger partial charge in [0.05, 0.1) is 11.5 Å². The van der Waals surface area contributed by atoms with E-state index in [1.54, 1.807) is 24.0 Å².